The van der Waals surface area contributed by atoms with Crippen LogP contribution in [0.3, 0.4) is 0 Å². The molecule has 1 aliphatic heterocycles. The van der Waals surface area contributed by atoms with E-state index in [-0.39, 0.29) is 16.9 Å². The van der Waals surface area contributed by atoms with Crippen molar-refractivity contribution in [1.82, 2.24) is 9.62 Å². The number of carbonyl (C=O) groups is 1. The third-order valence-electron chi connectivity index (χ3n) is 4.31. The first-order chi connectivity index (χ1) is 10.8. The molecular weight excluding hydrogens is 316 g/mol. The van der Waals surface area contributed by atoms with E-state index in [1.165, 1.54) is 13.1 Å². The lowest BCUT2D eigenvalue weighted by molar-refractivity contribution is -0.0226. The van der Waals surface area contributed by atoms with Crippen molar-refractivity contribution in [3.63, 3.8) is 0 Å². The van der Waals surface area contributed by atoms with Crippen LogP contribution < -0.4 is 4.72 Å². The zero-order valence-corrected chi connectivity index (χ0v) is 14.9. The van der Waals surface area contributed by atoms with Gasteiger partial charge < -0.3 is 9.64 Å². The van der Waals surface area contributed by atoms with E-state index in [4.69, 9.17) is 4.74 Å². The molecule has 128 valence electrons. The third-order valence-corrected chi connectivity index (χ3v) is 5.85. The molecular formula is C16H24N2O4S. The smallest absolute Gasteiger partial charge is 0.254 e. The number of carbonyl (C=O) groups excluding carboxylic acids is 1. The first-order valence-corrected chi connectivity index (χ1v) is 9.24. The SMILES string of the molecule is CCC1CN(C(=O)c2cc(C)c(C)c(S(=O)(=O)NC)c2)CCO1. The number of nitrogens with one attached hydrogen (secondary N) is 1. The van der Waals surface area contributed by atoms with E-state index in [0.717, 1.165) is 12.0 Å². The summed E-state index contributed by atoms with van der Waals surface area (Å²) in [5.41, 5.74) is 1.84. The predicted octanol–water partition coefficient (Wildman–Crippen LogP) is 1.46. The van der Waals surface area contributed by atoms with Crippen LogP contribution in [0.5, 0.6) is 0 Å². The minimum atomic E-state index is -3.60. The Morgan fingerprint density at radius 3 is 2.70 bits per heavy atom. The van der Waals surface area contributed by atoms with Gasteiger partial charge >= 0.3 is 0 Å². The molecule has 1 heterocycles. The third kappa shape index (κ3) is 3.73. The summed E-state index contributed by atoms with van der Waals surface area (Å²) in [7, 11) is -2.23. The van der Waals surface area contributed by atoms with Gasteiger partial charge in [0.1, 0.15) is 0 Å². The maximum Gasteiger partial charge on any atom is 0.254 e. The summed E-state index contributed by atoms with van der Waals surface area (Å²) < 4.78 is 32.2. The highest BCUT2D eigenvalue weighted by Crippen LogP contribution is 2.22. The van der Waals surface area contributed by atoms with Crippen LogP contribution in [0.4, 0.5) is 0 Å². The highest BCUT2D eigenvalue weighted by atomic mass is 32.2. The largest absolute Gasteiger partial charge is 0.375 e. The highest BCUT2D eigenvalue weighted by molar-refractivity contribution is 7.89. The number of morpholine rings is 1. The Morgan fingerprint density at radius 2 is 2.09 bits per heavy atom. The van der Waals surface area contributed by atoms with Crippen LogP contribution in [0.25, 0.3) is 0 Å². The van der Waals surface area contributed by atoms with Crippen molar-refractivity contribution in [1.29, 1.82) is 0 Å². The molecule has 6 nitrogen and oxygen atoms in total. The van der Waals surface area contributed by atoms with Gasteiger partial charge in [0.15, 0.2) is 0 Å². The van der Waals surface area contributed by atoms with E-state index in [9.17, 15) is 13.2 Å². The van der Waals surface area contributed by atoms with E-state index < -0.39 is 10.0 Å². The summed E-state index contributed by atoms with van der Waals surface area (Å²) in [6.07, 6.45) is 0.885. The molecule has 1 aromatic rings. The van der Waals surface area contributed by atoms with Crippen molar-refractivity contribution >= 4 is 15.9 Å². The molecule has 2 rings (SSSR count). The summed E-state index contributed by atoms with van der Waals surface area (Å²) in [5, 5.41) is 0. The molecule has 1 N–H and O–H groups in total. The minimum Gasteiger partial charge on any atom is -0.375 e. The number of benzene rings is 1. The lowest BCUT2D eigenvalue weighted by atomic mass is 10.0. The van der Waals surface area contributed by atoms with Gasteiger partial charge in [-0.25, -0.2) is 13.1 Å². The normalized spacial score (nSPS) is 19.0. The highest BCUT2D eigenvalue weighted by Gasteiger charge is 2.26. The molecule has 0 bridgehead atoms. The maximum atomic E-state index is 12.7. The zero-order valence-electron chi connectivity index (χ0n) is 14.0. The molecule has 1 fully saturated rings. The Kier molecular flexibility index (Phi) is 5.44. The molecule has 1 aliphatic rings. The second kappa shape index (κ2) is 6.98. The van der Waals surface area contributed by atoms with Crippen LogP contribution in [0, 0.1) is 13.8 Å². The number of rotatable bonds is 4. The molecule has 1 unspecified atom stereocenters. The lowest BCUT2D eigenvalue weighted by Crippen LogP contribution is -2.45. The fraction of sp³-hybridized carbons (Fsp3) is 0.562. The van der Waals surface area contributed by atoms with Crippen molar-refractivity contribution in [3.8, 4) is 0 Å². The average molecular weight is 340 g/mol. The predicted molar refractivity (Wildman–Crippen MR) is 88.1 cm³/mol. The van der Waals surface area contributed by atoms with Gasteiger partial charge in [-0.2, -0.15) is 0 Å². The molecule has 7 heteroatoms. The Balaban J connectivity index is 2.38. The van der Waals surface area contributed by atoms with Crippen molar-refractivity contribution < 1.29 is 17.9 Å². The van der Waals surface area contributed by atoms with Gasteiger partial charge in [0.2, 0.25) is 10.0 Å². The van der Waals surface area contributed by atoms with Gasteiger partial charge in [-0.15, -0.1) is 0 Å². The van der Waals surface area contributed by atoms with Gasteiger partial charge in [-0.1, -0.05) is 6.92 Å². The number of hydrogen-bond acceptors (Lipinski definition) is 4. The Labute approximate surface area is 137 Å². The quantitative estimate of drug-likeness (QED) is 0.900. The lowest BCUT2D eigenvalue weighted by Gasteiger charge is -2.32. The number of ether oxygens (including phenoxy) is 1. The standard InChI is InChI=1S/C16H24N2O4S/c1-5-14-10-18(6-7-22-14)16(19)13-8-11(2)12(3)15(9-13)23(20,21)17-4/h8-9,14,17H,5-7,10H2,1-4H3. The van der Waals surface area contributed by atoms with Gasteiger partial charge in [-0.3, -0.25) is 4.79 Å². The summed E-state index contributed by atoms with van der Waals surface area (Å²) in [6, 6.07) is 3.22. The van der Waals surface area contributed by atoms with Gasteiger partial charge in [0.25, 0.3) is 5.91 Å². The molecule has 0 saturated carbocycles. The van der Waals surface area contributed by atoms with Crippen molar-refractivity contribution in [2.75, 3.05) is 26.7 Å². The second-order valence-electron chi connectivity index (χ2n) is 5.78. The van der Waals surface area contributed by atoms with Crippen LogP contribution in [0.15, 0.2) is 17.0 Å². The number of amides is 1. The molecule has 1 amide bonds. The van der Waals surface area contributed by atoms with Crippen molar-refractivity contribution in [2.45, 2.75) is 38.2 Å². The molecule has 1 atom stereocenters. The average Bonchev–Trinajstić information content (AvgIpc) is 2.56. The van der Waals surface area contributed by atoms with Crippen LogP contribution in [-0.4, -0.2) is 52.1 Å². The van der Waals surface area contributed by atoms with Crippen LogP contribution in [0.1, 0.15) is 34.8 Å². The van der Waals surface area contributed by atoms with Gasteiger partial charge in [0.05, 0.1) is 17.6 Å². The van der Waals surface area contributed by atoms with Crippen LogP contribution >= 0.6 is 0 Å². The maximum absolute atomic E-state index is 12.7. The van der Waals surface area contributed by atoms with Crippen LogP contribution in [-0.2, 0) is 14.8 Å². The fourth-order valence-electron chi connectivity index (χ4n) is 2.67. The second-order valence-corrected chi connectivity index (χ2v) is 7.63. The molecule has 0 aliphatic carbocycles. The molecule has 0 aromatic heterocycles. The number of aryl methyl sites for hydroxylation is 1. The Bertz CT molecular complexity index is 700. The molecule has 0 spiro atoms. The van der Waals surface area contributed by atoms with E-state index in [2.05, 4.69) is 4.72 Å². The monoisotopic (exact) mass is 340 g/mol. The van der Waals surface area contributed by atoms with E-state index in [1.54, 1.807) is 17.9 Å². The van der Waals surface area contributed by atoms with Crippen molar-refractivity contribution in [2.24, 2.45) is 0 Å². The topological polar surface area (TPSA) is 75.7 Å². The first kappa shape index (κ1) is 17.9. The van der Waals surface area contributed by atoms with Gasteiger partial charge in [0, 0.05) is 18.7 Å². The van der Waals surface area contributed by atoms with Gasteiger partial charge in [-0.05, 0) is 50.6 Å². The summed E-state index contributed by atoms with van der Waals surface area (Å²) >= 11 is 0. The Morgan fingerprint density at radius 1 is 1.39 bits per heavy atom. The number of hydrogen-bond donors (Lipinski definition) is 1. The number of nitrogens with zero attached hydrogens (tertiary/aromatic N) is 1. The van der Waals surface area contributed by atoms with Crippen LogP contribution in [0.2, 0.25) is 0 Å². The molecule has 23 heavy (non-hydrogen) atoms. The summed E-state index contributed by atoms with van der Waals surface area (Å²) in [5.74, 6) is -0.151. The molecule has 0 radical (unpaired) electrons. The fourth-order valence-corrected chi connectivity index (χ4v) is 3.74. The van der Waals surface area contributed by atoms with E-state index in [0.29, 0.717) is 30.8 Å². The Hall–Kier alpha value is -1.44. The number of sulfonamides is 1. The molecule has 1 saturated heterocycles. The first-order valence-electron chi connectivity index (χ1n) is 7.75. The summed E-state index contributed by atoms with van der Waals surface area (Å²) in [4.78, 5) is 14.6. The minimum absolute atomic E-state index is 0.0414. The van der Waals surface area contributed by atoms with Crippen molar-refractivity contribution in [3.05, 3.63) is 28.8 Å². The zero-order chi connectivity index (χ0) is 17.2. The van der Waals surface area contributed by atoms with E-state index >= 15 is 0 Å². The molecule has 1 aromatic carbocycles. The summed E-state index contributed by atoms with van der Waals surface area (Å²) in [6.45, 7) is 7.15. The van der Waals surface area contributed by atoms with E-state index in [1.807, 2.05) is 13.8 Å².